The average molecular weight is 431 g/mol. The summed E-state index contributed by atoms with van der Waals surface area (Å²) in [6.45, 7) is 7.06. The Morgan fingerprint density at radius 2 is 1.86 bits per heavy atom. The Labute approximate surface area is 180 Å². The van der Waals surface area contributed by atoms with Crippen LogP contribution in [0.3, 0.4) is 0 Å². The summed E-state index contributed by atoms with van der Waals surface area (Å²) in [5, 5.41) is 12.2. The molecule has 3 aliphatic rings. The van der Waals surface area contributed by atoms with Gasteiger partial charge < -0.3 is 15.5 Å². The van der Waals surface area contributed by atoms with Crippen LogP contribution in [0.25, 0.3) is 0 Å². The summed E-state index contributed by atoms with van der Waals surface area (Å²) in [5.74, 6) is 0. The molecule has 5 rings (SSSR count). The van der Waals surface area contributed by atoms with Crippen molar-refractivity contribution in [3.8, 4) is 0 Å². The number of fused-ring (bicyclic) bond motifs is 2. The lowest BCUT2D eigenvalue weighted by atomic mass is 9.96. The van der Waals surface area contributed by atoms with Crippen molar-refractivity contribution in [3.05, 3.63) is 32.0 Å². The van der Waals surface area contributed by atoms with Crippen LogP contribution in [0.4, 0.5) is 14.8 Å². The third-order valence-corrected chi connectivity index (χ3v) is 9.14. The Bertz CT molecular complexity index is 911. The highest BCUT2D eigenvalue weighted by molar-refractivity contribution is 7.17. The first kappa shape index (κ1) is 19.4. The van der Waals surface area contributed by atoms with E-state index in [-0.39, 0.29) is 6.03 Å². The average Bonchev–Trinajstić information content (AvgIpc) is 3.45. The van der Waals surface area contributed by atoms with Crippen molar-refractivity contribution in [2.75, 3.05) is 29.9 Å². The number of carbonyl (C=O) groups excluding carboxylic acids is 1. The van der Waals surface area contributed by atoms with Crippen molar-refractivity contribution in [2.45, 2.75) is 65.0 Å². The summed E-state index contributed by atoms with van der Waals surface area (Å²) in [6, 6.07) is -0.0760. The van der Waals surface area contributed by atoms with Gasteiger partial charge in [-0.05, 0) is 75.1 Å². The van der Waals surface area contributed by atoms with Gasteiger partial charge in [-0.1, -0.05) is 0 Å². The molecule has 1 saturated heterocycles. The zero-order valence-corrected chi connectivity index (χ0v) is 18.8. The minimum atomic E-state index is -0.0760. The monoisotopic (exact) mass is 430 g/mol. The van der Waals surface area contributed by atoms with Gasteiger partial charge in [-0.3, -0.25) is 5.32 Å². The summed E-state index contributed by atoms with van der Waals surface area (Å²) in [6.07, 6.45) is 8.49. The molecule has 2 aromatic heterocycles. The predicted molar refractivity (Wildman–Crippen MR) is 123 cm³/mol. The summed E-state index contributed by atoms with van der Waals surface area (Å²) < 4.78 is 0. The highest BCUT2D eigenvalue weighted by atomic mass is 32.1. The van der Waals surface area contributed by atoms with E-state index in [4.69, 9.17) is 0 Å². The molecule has 1 fully saturated rings. The fraction of sp³-hybridized carbons (Fsp3) is 0.591. The maximum Gasteiger partial charge on any atom is 0.320 e. The fourth-order valence-electron chi connectivity index (χ4n) is 4.90. The maximum atomic E-state index is 12.7. The molecule has 0 spiro atoms. The van der Waals surface area contributed by atoms with E-state index < -0.39 is 0 Å². The molecule has 0 radical (unpaired) electrons. The van der Waals surface area contributed by atoms with Crippen molar-refractivity contribution in [2.24, 2.45) is 0 Å². The third kappa shape index (κ3) is 3.80. The molecule has 5 nitrogen and oxygen atoms in total. The van der Waals surface area contributed by atoms with E-state index in [0.717, 1.165) is 44.0 Å². The van der Waals surface area contributed by atoms with Crippen molar-refractivity contribution in [1.82, 2.24) is 10.6 Å². The number of aryl methyl sites for hydroxylation is 1. The molecular formula is C22H30N4OS2. The predicted octanol–water partition coefficient (Wildman–Crippen LogP) is 4.56. The molecule has 0 saturated carbocycles. The van der Waals surface area contributed by atoms with Gasteiger partial charge in [0.05, 0.1) is 10.0 Å². The number of amides is 2. The molecule has 2 aliphatic heterocycles. The molecule has 0 unspecified atom stereocenters. The second kappa shape index (κ2) is 8.28. The number of anilines is 2. The van der Waals surface area contributed by atoms with Gasteiger partial charge in [-0.15, -0.1) is 22.7 Å². The van der Waals surface area contributed by atoms with Crippen LogP contribution in [0, 0.1) is 6.92 Å². The largest absolute Gasteiger partial charge is 0.363 e. The summed E-state index contributed by atoms with van der Waals surface area (Å²) >= 11 is 3.70. The number of nitrogens with zero attached hydrogens (tertiary/aromatic N) is 1. The molecule has 4 heterocycles. The van der Waals surface area contributed by atoms with Crippen LogP contribution in [0.1, 0.15) is 57.7 Å². The van der Waals surface area contributed by atoms with Crippen LogP contribution >= 0.6 is 22.7 Å². The van der Waals surface area contributed by atoms with Gasteiger partial charge in [0.15, 0.2) is 0 Å². The number of hydrogen-bond acceptors (Lipinski definition) is 5. The van der Waals surface area contributed by atoms with Crippen molar-refractivity contribution in [3.63, 3.8) is 0 Å². The van der Waals surface area contributed by atoms with E-state index in [1.807, 2.05) is 11.3 Å². The Kier molecular flexibility index (Phi) is 5.54. The first-order chi connectivity index (χ1) is 14.2. The molecule has 0 aromatic carbocycles. The SMILES string of the molecule is Cc1c(NC(=O)NCc2c(N3CCCC3)sc3c2CCNC3)sc2c1CCCC2. The van der Waals surface area contributed by atoms with Crippen molar-refractivity contribution in [1.29, 1.82) is 0 Å². The number of rotatable bonds is 4. The summed E-state index contributed by atoms with van der Waals surface area (Å²) in [5.41, 5.74) is 5.58. The molecule has 1 aliphatic carbocycles. The van der Waals surface area contributed by atoms with Gasteiger partial charge in [0.1, 0.15) is 0 Å². The first-order valence-electron chi connectivity index (χ1n) is 11.0. The van der Waals surface area contributed by atoms with Gasteiger partial charge in [0, 0.05) is 41.5 Å². The van der Waals surface area contributed by atoms with Crippen molar-refractivity contribution >= 4 is 38.7 Å². The summed E-state index contributed by atoms with van der Waals surface area (Å²) in [7, 11) is 0. The molecular weight excluding hydrogens is 400 g/mol. The van der Waals surface area contributed by atoms with E-state index in [2.05, 4.69) is 27.8 Å². The zero-order valence-electron chi connectivity index (χ0n) is 17.2. The van der Waals surface area contributed by atoms with E-state index in [1.165, 1.54) is 69.1 Å². The molecule has 3 N–H and O–H groups in total. The smallest absolute Gasteiger partial charge is 0.320 e. The number of thiophene rings is 2. The second-order valence-electron chi connectivity index (χ2n) is 8.38. The van der Waals surface area contributed by atoms with E-state index >= 15 is 0 Å². The highest BCUT2D eigenvalue weighted by Gasteiger charge is 2.26. The number of nitrogens with one attached hydrogen (secondary N) is 3. The molecule has 2 amide bonds. The van der Waals surface area contributed by atoms with Gasteiger partial charge >= 0.3 is 6.03 Å². The van der Waals surface area contributed by atoms with Gasteiger partial charge in [-0.2, -0.15) is 0 Å². The highest BCUT2D eigenvalue weighted by Crippen LogP contribution is 2.40. The number of carbonyl (C=O) groups is 1. The van der Waals surface area contributed by atoms with Gasteiger partial charge in [0.2, 0.25) is 0 Å². The Balaban J connectivity index is 1.30. The standard InChI is InChI=1S/C22H30N4OS2/c1-14-15-6-2-3-7-18(15)28-20(14)25-22(27)24-12-17-16-8-9-23-13-19(16)29-21(17)26-10-4-5-11-26/h23H,2-13H2,1H3,(H2,24,25,27). The van der Waals surface area contributed by atoms with Crippen molar-refractivity contribution < 1.29 is 4.79 Å². The fourth-order valence-corrected chi connectivity index (χ4v) is 7.58. The maximum absolute atomic E-state index is 12.7. The lowest BCUT2D eigenvalue weighted by Gasteiger charge is -2.19. The molecule has 29 heavy (non-hydrogen) atoms. The van der Waals surface area contributed by atoms with Gasteiger partial charge in [-0.25, -0.2) is 4.79 Å². The molecule has 2 aromatic rings. The van der Waals surface area contributed by atoms with Crippen LogP contribution in [0.5, 0.6) is 0 Å². The Morgan fingerprint density at radius 1 is 1.03 bits per heavy atom. The lowest BCUT2D eigenvalue weighted by Crippen LogP contribution is -2.30. The molecule has 0 atom stereocenters. The second-order valence-corrected chi connectivity index (χ2v) is 10.6. The minimum Gasteiger partial charge on any atom is -0.363 e. The number of hydrogen-bond donors (Lipinski definition) is 3. The molecule has 7 heteroatoms. The van der Waals surface area contributed by atoms with E-state index in [9.17, 15) is 4.79 Å². The first-order valence-corrected chi connectivity index (χ1v) is 12.6. The number of urea groups is 1. The van der Waals surface area contributed by atoms with Crippen LogP contribution in [-0.2, 0) is 32.4 Å². The molecule has 0 bridgehead atoms. The quantitative estimate of drug-likeness (QED) is 0.666. The van der Waals surface area contributed by atoms with Gasteiger partial charge in [0.25, 0.3) is 0 Å². The summed E-state index contributed by atoms with van der Waals surface area (Å²) in [4.78, 5) is 18.2. The zero-order chi connectivity index (χ0) is 19.8. The van der Waals surface area contributed by atoms with Crippen LogP contribution in [-0.4, -0.2) is 25.7 Å². The molecule has 156 valence electrons. The minimum absolute atomic E-state index is 0.0760. The lowest BCUT2D eigenvalue weighted by molar-refractivity contribution is 0.252. The topological polar surface area (TPSA) is 56.4 Å². The van der Waals surface area contributed by atoms with E-state index in [0.29, 0.717) is 6.54 Å². The van der Waals surface area contributed by atoms with E-state index in [1.54, 1.807) is 11.3 Å². The Morgan fingerprint density at radius 3 is 2.69 bits per heavy atom. The van der Waals surface area contributed by atoms with Crippen LogP contribution in [0.2, 0.25) is 0 Å². The third-order valence-electron chi connectivity index (χ3n) is 6.50. The normalized spacial score (nSPS) is 18.4. The van der Waals surface area contributed by atoms with Crippen LogP contribution < -0.4 is 20.9 Å². The Hall–Kier alpha value is -1.57. The van der Waals surface area contributed by atoms with Crippen LogP contribution in [0.15, 0.2) is 0 Å².